The topological polar surface area (TPSA) is 67.3 Å². The molecule has 0 aliphatic carbocycles. The molecule has 166 valence electrons. The molecule has 1 aliphatic heterocycles. The Balaban J connectivity index is 1.32. The largest absolute Gasteiger partial charge is 0.484 e. The zero-order chi connectivity index (χ0) is 22.5. The molecule has 2 aromatic carbocycles. The third-order valence-corrected chi connectivity index (χ3v) is 6.17. The number of aryl methyl sites for hydroxylation is 2. The lowest BCUT2D eigenvalue weighted by atomic mass is 10.1. The maximum absolute atomic E-state index is 12.3. The van der Waals surface area contributed by atoms with Gasteiger partial charge in [-0.2, -0.15) is 0 Å². The SMILES string of the molecule is Cc1cc(OCC(=O)Nc2ccc(-c3ccc(N4CCCCC4)nn3)cc2)cc(C)c1Cl. The van der Waals surface area contributed by atoms with Crippen LogP contribution in [-0.2, 0) is 4.79 Å². The number of anilines is 2. The molecule has 7 heteroatoms. The summed E-state index contributed by atoms with van der Waals surface area (Å²) in [5.41, 5.74) is 4.29. The lowest BCUT2D eigenvalue weighted by Gasteiger charge is -2.27. The van der Waals surface area contributed by atoms with E-state index < -0.39 is 0 Å². The first-order chi connectivity index (χ1) is 15.5. The second kappa shape index (κ2) is 10.0. The minimum atomic E-state index is -0.228. The summed E-state index contributed by atoms with van der Waals surface area (Å²) in [5, 5.41) is 12.4. The summed E-state index contributed by atoms with van der Waals surface area (Å²) in [6, 6.07) is 15.2. The van der Waals surface area contributed by atoms with Crippen molar-refractivity contribution < 1.29 is 9.53 Å². The number of piperidine rings is 1. The Kier molecular flexibility index (Phi) is 6.90. The summed E-state index contributed by atoms with van der Waals surface area (Å²) in [6.45, 7) is 5.84. The maximum Gasteiger partial charge on any atom is 0.262 e. The Hall–Kier alpha value is -3.12. The first-order valence-corrected chi connectivity index (χ1v) is 11.3. The van der Waals surface area contributed by atoms with E-state index in [4.69, 9.17) is 16.3 Å². The zero-order valence-electron chi connectivity index (χ0n) is 18.4. The van der Waals surface area contributed by atoms with Gasteiger partial charge in [0.05, 0.1) is 5.69 Å². The van der Waals surface area contributed by atoms with Crippen LogP contribution in [-0.4, -0.2) is 35.8 Å². The monoisotopic (exact) mass is 450 g/mol. The Morgan fingerprint density at radius 2 is 1.69 bits per heavy atom. The number of carbonyl (C=O) groups excluding carboxylic acids is 1. The number of amides is 1. The minimum Gasteiger partial charge on any atom is -0.484 e. The highest BCUT2D eigenvalue weighted by molar-refractivity contribution is 6.32. The molecule has 6 nitrogen and oxygen atoms in total. The molecule has 0 spiro atoms. The summed E-state index contributed by atoms with van der Waals surface area (Å²) in [4.78, 5) is 14.6. The predicted octanol–water partition coefficient (Wildman–Crippen LogP) is 5.42. The molecule has 4 rings (SSSR count). The fourth-order valence-electron chi connectivity index (χ4n) is 3.83. The fraction of sp³-hybridized carbons (Fsp3) is 0.320. The van der Waals surface area contributed by atoms with Gasteiger partial charge in [0.2, 0.25) is 0 Å². The van der Waals surface area contributed by atoms with Crippen LogP contribution in [0.15, 0.2) is 48.5 Å². The van der Waals surface area contributed by atoms with Gasteiger partial charge in [-0.3, -0.25) is 4.79 Å². The molecule has 2 heterocycles. The number of nitrogens with one attached hydrogen (secondary N) is 1. The van der Waals surface area contributed by atoms with E-state index in [1.807, 2.05) is 62.4 Å². The highest BCUT2D eigenvalue weighted by Crippen LogP contribution is 2.26. The van der Waals surface area contributed by atoms with Crippen LogP contribution in [0.5, 0.6) is 5.75 Å². The third-order valence-electron chi connectivity index (χ3n) is 5.57. The molecule has 1 aliphatic rings. The predicted molar refractivity (Wildman–Crippen MR) is 129 cm³/mol. The third kappa shape index (κ3) is 5.37. The fourth-order valence-corrected chi connectivity index (χ4v) is 3.94. The lowest BCUT2D eigenvalue weighted by Crippen LogP contribution is -2.30. The van der Waals surface area contributed by atoms with Crippen molar-refractivity contribution >= 4 is 29.0 Å². The van der Waals surface area contributed by atoms with Crippen molar-refractivity contribution in [2.75, 3.05) is 29.9 Å². The zero-order valence-corrected chi connectivity index (χ0v) is 19.2. The number of aromatic nitrogens is 2. The minimum absolute atomic E-state index is 0.0777. The van der Waals surface area contributed by atoms with Gasteiger partial charge in [-0.05, 0) is 80.6 Å². The quantitative estimate of drug-likeness (QED) is 0.543. The molecule has 0 saturated carbocycles. The van der Waals surface area contributed by atoms with E-state index in [1.54, 1.807) is 0 Å². The van der Waals surface area contributed by atoms with E-state index in [1.165, 1.54) is 19.3 Å². The molecule has 1 fully saturated rings. The van der Waals surface area contributed by atoms with Gasteiger partial charge in [-0.1, -0.05) is 23.7 Å². The average Bonchev–Trinajstić information content (AvgIpc) is 2.82. The van der Waals surface area contributed by atoms with Gasteiger partial charge >= 0.3 is 0 Å². The van der Waals surface area contributed by atoms with E-state index in [2.05, 4.69) is 20.4 Å². The van der Waals surface area contributed by atoms with E-state index >= 15 is 0 Å². The van der Waals surface area contributed by atoms with E-state index in [0.29, 0.717) is 16.5 Å². The molecular formula is C25H27ClN4O2. The Bertz CT molecular complexity index is 1060. The molecule has 1 aromatic heterocycles. The van der Waals surface area contributed by atoms with Gasteiger partial charge in [0.25, 0.3) is 5.91 Å². The molecule has 32 heavy (non-hydrogen) atoms. The molecule has 0 unspecified atom stereocenters. The Labute approximate surface area is 193 Å². The van der Waals surface area contributed by atoms with Gasteiger partial charge in [0.1, 0.15) is 5.75 Å². The first-order valence-electron chi connectivity index (χ1n) is 10.9. The van der Waals surface area contributed by atoms with Crippen molar-refractivity contribution in [2.45, 2.75) is 33.1 Å². The number of ether oxygens (including phenoxy) is 1. The normalized spacial score (nSPS) is 13.7. The van der Waals surface area contributed by atoms with Crippen molar-refractivity contribution in [1.82, 2.24) is 10.2 Å². The van der Waals surface area contributed by atoms with E-state index in [0.717, 1.165) is 41.3 Å². The van der Waals surface area contributed by atoms with E-state index in [-0.39, 0.29) is 12.5 Å². The van der Waals surface area contributed by atoms with Crippen molar-refractivity contribution in [3.63, 3.8) is 0 Å². The van der Waals surface area contributed by atoms with Crippen molar-refractivity contribution in [3.05, 3.63) is 64.7 Å². The van der Waals surface area contributed by atoms with Gasteiger partial charge in [-0.15, -0.1) is 10.2 Å². The second-order valence-electron chi connectivity index (χ2n) is 8.11. The van der Waals surface area contributed by atoms with Crippen LogP contribution >= 0.6 is 11.6 Å². The summed E-state index contributed by atoms with van der Waals surface area (Å²) < 4.78 is 5.62. The molecule has 3 aromatic rings. The summed E-state index contributed by atoms with van der Waals surface area (Å²) in [5.74, 6) is 1.33. The van der Waals surface area contributed by atoms with Crippen LogP contribution in [0.4, 0.5) is 11.5 Å². The van der Waals surface area contributed by atoms with Crippen LogP contribution in [0, 0.1) is 13.8 Å². The standard InChI is InChI=1S/C25H27ClN4O2/c1-17-14-21(15-18(2)25(17)26)32-16-24(31)27-20-8-6-19(7-9-20)22-10-11-23(29-28-22)30-12-4-3-5-13-30/h6-11,14-15H,3-5,12-13,16H2,1-2H3,(H,27,31). The second-order valence-corrected chi connectivity index (χ2v) is 8.49. The Morgan fingerprint density at radius 3 is 2.31 bits per heavy atom. The van der Waals surface area contributed by atoms with Crippen LogP contribution in [0.25, 0.3) is 11.3 Å². The van der Waals surface area contributed by atoms with Crippen molar-refractivity contribution in [1.29, 1.82) is 0 Å². The average molecular weight is 451 g/mol. The number of carbonyl (C=O) groups is 1. The molecule has 1 amide bonds. The van der Waals surface area contributed by atoms with Gasteiger partial charge < -0.3 is 15.0 Å². The first kappa shape index (κ1) is 22.1. The molecular weight excluding hydrogens is 424 g/mol. The number of rotatable bonds is 6. The molecule has 0 radical (unpaired) electrons. The number of nitrogens with zero attached hydrogens (tertiary/aromatic N) is 3. The van der Waals surface area contributed by atoms with Crippen molar-refractivity contribution in [3.8, 4) is 17.0 Å². The lowest BCUT2D eigenvalue weighted by molar-refractivity contribution is -0.118. The molecule has 1 saturated heterocycles. The number of hydrogen-bond donors (Lipinski definition) is 1. The van der Waals surface area contributed by atoms with Crippen LogP contribution < -0.4 is 15.0 Å². The number of halogens is 1. The molecule has 0 bridgehead atoms. The molecule has 1 N–H and O–H groups in total. The Morgan fingerprint density at radius 1 is 1.00 bits per heavy atom. The van der Waals surface area contributed by atoms with Crippen LogP contribution in [0.3, 0.4) is 0 Å². The smallest absolute Gasteiger partial charge is 0.262 e. The number of benzene rings is 2. The number of hydrogen-bond acceptors (Lipinski definition) is 5. The van der Waals surface area contributed by atoms with Crippen LogP contribution in [0.2, 0.25) is 5.02 Å². The maximum atomic E-state index is 12.3. The summed E-state index contributed by atoms with van der Waals surface area (Å²) in [7, 11) is 0. The molecule has 0 atom stereocenters. The van der Waals surface area contributed by atoms with Gasteiger partial charge in [0, 0.05) is 29.4 Å². The van der Waals surface area contributed by atoms with Crippen LogP contribution in [0.1, 0.15) is 30.4 Å². The van der Waals surface area contributed by atoms with E-state index in [9.17, 15) is 4.79 Å². The summed E-state index contributed by atoms with van der Waals surface area (Å²) >= 11 is 6.17. The summed E-state index contributed by atoms with van der Waals surface area (Å²) in [6.07, 6.45) is 3.71. The van der Waals surface area contributed by atoms with Crippen molar-refractivity contribution in [2.24, 2.45) is 0 Å². The highest BCUT2D eigenvalue weighted by atomic mass is 35.5. The highest BCUT2D eigenvalue weighted by Gasteiger charge is 2.13. The van der Waals surface area contributed by atoms with Gasteiger partial charge in [-0.25, -0.2) is 0 Å². The van der Waals surface area contributed by atoms with Gasteiger partial charge in [0.15, 0.2) is 12.4 Å².